The highest BCUT2D eigenvalue weighted by Crippen LogP contribution is 2.36. The molecule has 1 amide bonds. The molecule has 0 saturated carbocycles. The number of hydrogen-bond acceptors (Lipinski definition) is 4. The van der Waals surface area contributed by atoms with E-state index in [1.807, 2.05) is 39.5 Å². The highest BCUT2D eigenvalue weighted by molar-refractivity contribution is 5.80. The van der Waals surface area contributed by atoms with Crippen LogP contribution in [0, 0.1) is 13.8 Å². The number of carbonyl (C=O) groups excluding carboxylic acids is 1. The number of amides is 1. The fraction of sp³-hybridized carbons (Fsp3) is 0.714. The van der Waals surface area contributed by atoms with Crippen LogP contribution in [-0.4, -0.2) is 47.7 Å². The van der Waals surface area contributed by atoms with Gasteiger partial charge in [0.15, 0.2) is 5.96 Å². The molecule has 3 rings (SSSR count). The summed E-state index contributed by atoms with van der Waals surface area (Å²) in [5.41, 5.74) is 0.682. The predicted octanol–water partition coefficient (Wildman–Crippen LogP) is 3.49. The van der Waals surface area contributed by atoms with Gasteiger partial charge in [0.1, 0.15) is 17.1 Å². The number of guanidine groups is 1. The molecule has 0 spiro atoms. The molecule has 1 aromatic heterocycles. The van der Waals surface area contributed by atoms with Crippen molar-refractivity contribution in [3.63, 3.8) is 0 Å². The summed E-state index contributed by atoms with van der Waals surface area (Å²) in [5, 5.41) is 6.92. The van der Waals surface area contributed by atoms with Crippen LogP contribution in [0.2, 0.25) is 0 Å². The molecule has 2 saturated heterocycles. The summed E-state index contributed by atoms with van der Waals surface area (Å²) in [6, 6.07) is 2.83. The van der Waals surface area contributed by atoms with Crippen LogP contribution in [0.3, 0.4) is 0 Å². The largest absolute Gasteiger partial charge is 0.466 e. The Kier molecular flexibility index (Phi) is 5.91. The Hall–Kier alpha value is -2.18. The quantitative estimate of drug-likeness (QED) is 0.610. The molecule has 156 valence electrons. The molecule has 7 heteroatoms. The van der Waals surface area contributed by atoms with Gasteiger partial charge in [-0.1, -0.05) is 0 Å². The summed E-state index contributed by atoms with van der Waals surface area (Å²) in [6.45, 7) is 10.4. The van der Waals surface area contributed by atoms with E-state index >= 15 is 0 Å². The SMILES string of the molecule is CN=C(NCc1cc(C)oc1C)NC1CC2CCC(C1)N2C(=O)OC(C)(C)C. The van der Waals surface area contributed by atoms with E-state index in [4.69, 9.17) is 9.15 Å². The lowest BCUT2D eigenvalue weighted by molar-refractivity contribution is 0.00545. The van der Waals surface area contributed by atoms with Gasteiger partial charge in [0.2, 0.25) is 0 Å². The second-order valence-corrected chi connectivity index (χ2v) is 8.95. The summed E-state index contributed by atoms with van der Waals surface area (Å²) >= 11 is 0. The first kappa shape index (κ1) is 20.6. The van der Waals surface area contributed by atoms with Crippen molar-refractivity contribution in [1.29, 1.82) is 0 Å². The van der Waals surface area contributed by atoms with Crippen molar-refractivity contribution in [1.82, 2.24) is 15.5 Å². The third-order valence-electron chi connectivity index (χ3n) is 5.49. The Balaban J connectivity index is 1.55. The molecule has 0 radical (unpaired) electrons. The van der Waals surface area contributed by atoms with Gasteiger partial charge in [-0.25, -0.2) is 4.79 Å². The summed E-state index contributed by atoms with van der Waals surface area (Å²) in [5.74, 6) is 2.64. The Bertz CT molecular complexity index is 720. The Morgan fingerprint density at radius 2 is 1.93 bits per heavy atom. The number of hydrogen-bond donors (Lipinski definition) is 2. The first-order valence-electron chi connectivity index (χ1n) is 10.2. The smallest absolute Gasteiger partial charge is 0.410 e. The van der Waals surface area contributed by atoms with E-state index in [-0.39, 0.29) is 18.2 Å². The Labute approximate surface area is 167 Å². The number of nitrogens with one attached hydrogen (secondary N) is 2. The monoisotopic (exact) mass is 390 g/mol. The van der Waals surface area contributed by atoms with E-state index in [1.165, 1.54) is 0 Å². The van der Waals surface area contributed by atoms with Crippen molar-refractivity contribution in [2.45, 2.75) is 90.6 Å². The lowest BCUT2D eigenvalue weighted by Crippen LogP contribution is -2.54. The lowest BCUT2D eigenvalue weighted by atomic mass is 9.98. The molecule has 28 heavy (non-hydrogen) atoms. The molecule has 2 bridgehead atoms. The topological polar surface area (TPSA) is 79.1 Å². The van der Waals surface area contributed by atoms with Gasteiger partial charge in [-0.2, -0.15) is 0 Å². The molecule has 2 aliphatic rings. The van der Waals surface area contributed by atoms with E-state index in [0.29, 0.717) is 12.6 Å². The number of ether oxygens (including phenoxy) is 1. The zero-order chi connectivity index (χ0) is 20.5. The van der Waals surface area contributed by atoms with Crippen molar-refractivity contribution < 1.29 is 13.9 Å². The minimum absolute atomic E-state index is 0.174. The van der Waals surface area contributed by atoms with Crippen LogP contribution in [-0.2, 0) is 11.3 Å². The minimum Gasteiger partial charge on any atom is -0.466 e. The van der Waals surface area contributed by atoms with Crippen molar-refractivity contribution in [3.05, 3.63) is 23.2 Å². The highest BCUT2D eigenvalue weighted by Gasteiger charge is 2.45. The van der Waals surface area contributed by atoms with Crippen LogP contribution in [0.15, 0.2) is 15.5 Å². The van der Waals surface area contributed by atoms with Gasteiger partial charge in [-0.05, 0) is 66.4 Å². The number of nitrogens with zero attached hydrogens (tertiary/aromatic N) is 2. The van der Waals surface area contributed by atoms with E-state index in [9.17, 15) is 4.79 Å². The van der Waals surface area contributed by atoms with Crippen LogP contribution >= 0.6 is 0 Å². The molecule has 3 heterocycles. The van der Waals surface area contributed by atoms with Gasteiger partial charge in [0, 0.05) is 37.3 Å². The molecule has 2 unspecified atom stereocenters. The van der Waals surface area contributed by atoms with Crippen molar-refractivity contribution >= 4 is 12.1 Å². The van der Waals surface area contributed by atoms with Gasteiger partial charge in [-0.3, -0.25) is 4.99 Å². The van der Waals surface area contributed by atoms with Gasteiger partial charge >= 0.3 is 6.09 Å². The lowest BCUT2D eigenvalue weighted by Gasteiger charge is -2.40. The molecule has 1 aromatic rings. The second-order valence-electron chi connectivity index (χ2n) is 8.95. The zero-order valence-corrected chi connectivity index (χ0v) is 18.0. The summed E-state index contributed by atoms with van der Waals surface area (Å²) in [7, 11) is 1.78. The van der Waals surface area contributed by atoms with Gasteiger partial charge in [0.05, 0.1) is 0 Å². The number of carbonyl (C=O) groups is 1. The van der Waals surface area contributed by atoms with E-state index in [0.717, 1.165) is 48.7 Å². The fourth-order valence-electron chi connectivity index (χ4n) is 4.33. The minimum atomic E-state index is -0.457. The van der Waals surface area contributed by atoms with Crippen LogP contribution in [0.5, 0.6) is 0 Å². The Morgan fingerprint density at radius 3 is 2.43 bits per heavy atom. The maximum absolute atomic E-state index is 12.6. The maximum Gasteiger partial charge on any atom is 0.410 e. The van der Waals surface area contributed by atoms with Gasteiger partial charge in [0.25, 0.3) is 0 Å². The van der Waals surface area contributed by atoms with E-state index < -0.39 is 5.60 Å². The number of furan rings is 1. The first-order chi connectivity index (χ1) is 13.2. The first-order valence-corrected chi connectivity index (χ1v) is 10.2. The van der Waals surface area contributed by atoms with Crippen molar-refractivity contribution in [2.24, 2.45) is 4.99 Å². The van der Waals surface area contributed by atoms with Crippen LogP contribution in [0.1, 0.15) is 63.5 Å². The molecule has 0 aromatic carbocycles. The van der Waals surface area contributed by atoms with Crippen LogP contribution in [0.25, 0.3) is 0 Å². The number of piperidine rings is 1. The molecular formula is C21H34N4O3. The summed E-state index contributed by atoms with van der Waals surface area (Å²) in [6.07, 6.45) is 3.75. The normalized spacial score (nSPS) is 25.0. The molecule has 2 aliphatic heterocycles. The maximum atomic E-state index is 12.6. The number of aryl methyl sites for hydroxylation is 2. The average molecular weight is 391 g/mol. The van der Waals surface area contributed by atoms with Crippen molar-refractivity contribution in [2.75, 3.05) is 7.05 Å². The average Bonchev–Trinajstić information content (AvgIpc) is 3.05. The number of rotatable bonds is 3. The fourth-order valence-corrected chi connectivity index (χ4v) is 4.33. The zero-order valence-electron chi connectivity index (χ0n) is 18.0. The molecule has 2 fully saturated rings. The van der Waals surface area contributed by atoms with Crippen molar-refractivity contribution in [3.8, 4) is 0 Å². The van der Waals surface area contributed by atoms with E-state index in [1.54, 1.807) is 7.05 Å². The standard InChI is InChI=1S/C21H34N4O3/c1-13-9-15(14(2)27-13)12-23-19(22-6)24-16-10-17-7-8-18(11-16)25(17)20(26)28-21(3,4)5/h9,16-18H,7-8,10-12H2,1-6H3,(H2,22,23,24). The van der Waals surface area contributed by atoms with E-state index in [2.05, 4.69) is 21.7 Å². The van der Waals surface area contributed by atoms with Crippen LogP contribution < -0.4 is 10.6 Å². The van der Waals surface area contributed by atoms with Crippen LogP contribution in [0.4, 0.5) is 4.79 Å². The number of aliphatic imine (C=N–C) groups is 1. The van der Waals surface area contributed by atoms with Gasteiger partial charge < -0.3 is 24.7 Å². The summed E-state index contributed by atoms with van der Waals surface area (Å²) < 4.78 is 11.2. The predicted molar refractivity (Wildman–Crippen MR) is 109 cm³/mol. The molecule has 7 nitrogen and oxygen atoms in total. The molecular weight excluding hydrogens is 356 g/mol. The second kappa shape index (κ2) is 8.05. The third kappa shape index (κ3) is 4.80. The molecule has 2 N–H and O–H groups in total. The van der Waals surface area contributed by atoms with Gasteiger partial charge in [-0.15, -0.1) is 0 Å². The summed E-state index contributed by atoms with van der Waals surface area (Å²) in [4.78, 5) is 18.9. The number of fused-ring (bicyclic) bond motifs is 2. The highest BCUT2D eigenvalue weighted by atomic mass is 16.6. The molecule has 2 atom stereocenters. The molecule has 0 aliphatic carbocycles. The third-order valence-corrected chi connectivity index (χ3v) is 5.49. The Morgan fingerprint density at radius 1 is 1.29 bits per heavy atom.